The lowest BCUT2D eigenvalue weighted by Gasteiger charge is -2.08. The number of aromatic nitrogens is 1. The number of nitrogens with two attached hydrogens (primary N) is 1. The quantitative estimate of drug-likeness (QED) is 0.289. The Balaban J connectivity index is 1.38. The second-order valence-corrected chi connectivity index (χ2v) is 7.47. The molecule has 0 fully saturated rings. The monoisotopic (exact) mass is 446 g/mol. The van der Waals surface area contributed by atoms with Crippen molar-refractivity contribution in [3.63, 3.8) is 0 Å². The molecule has 0 unspecified atom stereocenters. The van der Waals surface area contributed by atoms with Crippen LogP contribution in [0, 0.1) is 11.3 Å². The van der Waals surface area contributed by atoms with Crippen molar-refractivity contribution in [1.29, 1.82) is 5.26 Å². The first-order valence-corrected chi connectivity index (χ1v) is 10.6. The molecule has 0 spiro atoms. The molecule has 0 aliphatic carbocycles. The number of nitriles is 1. The van der Waals surface area contributed by atoms with E-state index in [1.165, 1.54) is 0 Å². The van der Waals surface area contributed by atoms with Gasteiger partial charge in [0.15, 0.2) is 11.8 Å². The van der Waals surface area contributed by atoms with Crippen molar-refractivity contribution in [2.24, 2.45) is 10.7 Å². The van der Waals surface area contributed by atoms with Crippen molar-refractivity contribution in [2.75, 3.05) is 10.6 Å². The third-order valence-corrected chi connectivity index (χ3v) is 5.00. The zero-order valence-electron chi connectivity index (χ0n) is 18.3. The highest BCUT2D eigenvalue weighted by molar-refractivity contribution is 5.95. The molecule has 166 valence electrons. The standard InChI is InChI=1S/C27H22N6O/c28-17-21-8-4-5-9-24(21)32-27(29)33-25-15-12-22(18-30-25)20-10-13-23(14-11-20)31-26(34)16-19-6-2-1-3-7-19/h1-15,18H,16H2,(H,31,34)(H3,29,30,32,33). The first-order chi connectivity index (χ1) is 16.6. The van der Waals surface area contributed by atoms with E-state index in [9.17, 15) is 10.1 Å². The third-order valence-electron chi connectivity index (χ3n) is 5.00. The first-order valence-electron chi connectivity index (χ1n) is 10.6. The minimum absolute atomic E-state index is 0.0635. The topological polar surface area (TPSA) is 116 Å². The molecule has 0 saturated heterocycles. The summed E-state index contributed by atoms with van der Waals surface area (Å²) in [6, 6.07) is 30.0. The molecule has 0 saturated carbocycles. The second kappa shape index (κ2) is 10.6. The first kappa shape index (κ1) is 22.2. The number of aliphatic imine (C=N–C) groups is 1. The summed E-state index contributed by atoms with van der Waals surface area (Å²) >= 11 is 0. The molecule has 0 aliphatic rings. The molecule has 34 heavy (non-hydrogen) atoms. The summed E-state index contributed by atoms with van der Waals surface area (Å²) in [4.78, 5) is 20.9. The van der Waals surface area contributed by atoms with Gasteiger partial charge in [-0.25, -0.2) is 4.98 Å². The van der Waals surface area contributed by atoms with Crippen molar-refractivity contribution < 1.29 is 4.79 Å². The van der Waals surface area contributed by atoms with Gasteiger partial charge in [0.05, 0.1) is 17.7 Å². The van der Waals surface area contributed by atoms with Crippen LogP contribution in [0.2, 0.25) is 0 Å². The Morgan fingerprint density at radius 3 is 2.29 bits per heavy atom. The number of nitrogens with zero attached hydrogens (tertiary/aromatic N) is 3. The van der Waals surface area contributed by atoms with Crippen LogP contribution >= 0.6 is 0 Å². The molecule has 4 N–H and O–H groups in total. The van der Waals surface area contributed by atoms with Crippen LogP contribution in [0.25, 0.3) is 11.1 Å². The number of rotatable bonds is 6. The van der Waals surface area contributed by atoms with Crippen molar-refractivity contribution in [2.45, 2.75) is 6.42 Å². The van der Waals surface area contributed by atoms with Crippen molar-refractivity contribution in [1.82, 2.24) is 4.98 Å². The van der Waals surface area contributed by atoms with Gasteiger partial charge in [0.25, 0.3) is 0 Å². The normalized spacial score (nSPS) is 10.9. The van der Waals surface area contributed by atoms with Gasteiger partial charge in [-0.3, -0.25) is 4.79 Å². The summed E-state index contributed by atoms with van der Waals surface area (Å²) in [7, 11) is 0. The summed E-state index contributed by atoms with van der Waals surface area (Å²) in [6.45, 7) is 0. The smallest absolute Gasteiger partial charge is 0.228 e. The van der Waals surface area contributed by atoms with E-state index in [-0.39, 0.29) is 11.9 Å². The number of guanidine groups is 1. The van der Waals surface area contributed by atoms with Crippen molar-refractivity contribution in [3.8, 4) is 17.2 Å². The van der Waals surface area contributed by atoms with Crippen molar-refractivity contribution in [3.05, 3.63) is 108 Å². The molecular weight excluding hydrogens is 424 g/mol. The molecule has 3 aromatic carbocycles. The molecule has 0 atom stereocenters. The number of hydrogen-bond donors (Lipinski definition) is 3. The second-order valence-electron chi connectivity index (χ2n) is 7.47. The molecule has 0 radical (unpaired) electrons. The summed E-state index contributed by atoms with van der Waals surface area (Å²) in [6.07, 6.45) is 2.03. The average molecular weight is 447 g/mol. The van der Waals surface area contributed by atoms with Crippen LogP contribution in [0.5, 0.6) is 0 Å². The van der Waals surface area contributed by atoms with Gasteiger partial charge < -0.3 is 16.4 Å². The van der Waals surface area contributed by atoms with Crippen LogP contribution in [0.1, 0.15) is 11.1 Å². The molecule has 1 aromatic heterocycles. The van der Waals surface area contributed by atoms with Crippen LogP contribution < -0.4 is 16.4 Å². The Morgan fingerprint density at radius 1 is 0.882 bits per heavy atom. The Hall–Kier alpha value is -4.96. The van der Waals surface area contributed by atoms with Crippen LogP contribution in [-0.2, 0) is 11.2 Å². The van der Waals surface area contributed by atoms with E-state index in [1.54, 1.807) is 30.5 Å². The summed E-state index contributed by atoms with van der Waals surface area (Å²) in [5.74, 6) is 0.512. The summed E-state index contributed by atoms with van der Waals surface area (Å²) in [5.41, 5.74) is 10.6. The van der Waals surface area contributed by atoms with Crippen molar-refractivity contribution >= 4 is 29.1 Å². The molecule has 0 aliphatic heterocycles. The number of carbonyl (C=O) groups is 1. The maximum Gasteiger partial charge on any atom is 0.228 e. The number of carbonyl (C=O) groups excluding carboxylic acids is 1. The number of nitrogens with one attached hydrogen (secondary N) is 2. The summed E-state index contributed by atoms with van der Waals surface area (Å²) in [5, 5.41) is 15.0. The highest BCUT2D eigenvalue weighted by Crippen LogP contribution is 2.23. The number of anilines is 2. The number of amides is 1. The highest BCUT2D eigenvalue weighted by atomic mass is 16.1. The molecule has 7 heteroatoms. The Morgan fingerprint density at radius 2 is 1.59 bits per heavy atom. The lowest BCUT2D eigenvalue weighted by molar-refractivity contribution is -0.115. The number of hydrogen-bond acceptors (Lipinski definition) is 4. The third kappa shape index (κ3) is 5.84. The maximum atomic E-state index is 12.2. The predicted octanol–water partition coefficient (Wildman–Crippen LogP) is 4.86. The van der Waals surface area contributed by atoms with Gasteiger partial charge in [-0.15, -0.1) is 0 Å². The van der Waals surface area contributed by atoms with Gasteiger partial charge in [0.1, 0.15) is 6.07 Å². The Bertz CT molecular complexity index is 1340. The van der Waals surface area contributed by atoms with Crippen LogP contribution in [0.3, 0.4) is 0 Å². The van der Waals surface area contributed by atoms with Crippen LogP contribution in [-0.4, -0.2) is 16.9 Å². The van der Waals surface area contributed by atoms with Gasteiger partial charge in [-0.2, -0.15) is 10.3 Å². The van der Waals surface area contributed by atoms with E-state index in [2.05, 4.69) is 26.7 Å². The number of pyridine rings is 1. The fraction of sp³-hybridized carbons (Fsp3) is 0.0370. The SMILES string of the molecule is N#Cc1ccccc1NC(N)=Nc1ccc(-c2ccc(NC(=O)Cc3ccccc3)cc2)cn1. The molecular formula is C27H22N6O. The largest absolute Gasteiger partial charge is 0.369 e. The fourth-order valence-electron chi connectivity index (χ4n) is 3.33. The van der Waals surface area contributed by atoms with Gasteiger partial charge in [-0.1, -0.05) is 54.6 Å². The Kier molecular flexibility index (Phi) is 6.91. The number of para-hydroxylation sites is 1. The Labute approximate surface area is 197 Å². The molecule has 4 rings (SSSR count). The van der Waals surface area contributed by atoms with E-state index in [0.717, 1.165) is 22.4 Å². The van der Waals surface area contributed by atoms with E-state index in [1.807, 2.05) is 66.7 Å². The maximum absolute atomic E-state index is 12.2. The minimum Gasteiger partial charge on any atom is -0.369 e. The minimum atomic E-state index is -0.0635. The summed E-state index contributed by atoms with van der Waals surface area (Å²) < 4.78 is 0. The molecule has 0 bridgehead atoms. The van der Waals surface area contributed by atoms with Gasteiger partial charge >= 0.3 is 0 Å². The van der Waals surface area contributed by atoms with Crippen LogP contribution in [0.4, 0.5) is 17.2 Å². The van der Waals surface area contributed by atoms with Gasteiger partial charge in [0.2, 0.25) is 5.91 Å². The lowest BCUT2D eigenvalue weighted by Crippen LogP contribution is -2.22. The predicted molar refractivity (Wildman–Crippen MR) is 135 cm³/mol. The molecule has 7 nitrogen and oxygen atoms in total. The lowest BCUT2D eigenvalue weighted by atomic mass is 10.1. The molecule has 1 heterocycles. The van der Waals surface area contributed by atoms with E-state index in [0.29, 0.717) is 23.5 Å². The number of benzene rings is 3. The fourth-order valence-corrected chi connectivity index (χ4v) is 3.33. The van der Waals surface area contributed by atoms with Gasteiger partial charge in [0, 0.05) is 17.4 Å². The van der Waals surface area contributed by atoms with E-state index < -0.39 is 0 Å². The van der Waals surface area contributed by atoms with E-state index >= 15 is 0 Å². The zero-order valence-corrected chi connectivity index (χ0v) is 18.3. The van der Waals surface area contributed by atoms with Crippen LogP contribution in [0.15, 0.2) is 102 Å². The highest BCUT2D eigenvalue weighted by Gasteiger charge is 2.06. The average Bonchev–Trinajstić information content (AvgIpc) is 2.86. The molecule has 4 aromatic rings. The molecule has 1 amide bonds. The van der Waals surface area contributed by atoms with Gasteiger partial charge in [-0.05, 0) is 47.5 Å². The zero-order chi connectivity index (χ0) is 23.8. The van der Waals surface area contributed by atoms with E-state index in [4.69, 9.17) is 5.73 Å².